The summed E-state index contributed by atoms with van der Waals surface area (Å²) < 4.78 is 25.2. The number of alkyl halides is 1. The first-order valence-electron chi connectivity index (χ1n) is 15.2. The second-order valence-electron chi connectivity index (χ2n) is 11.8. The first-order chi connectivity index (χ1) is 20.9. The van der Waals surface area contributed by atoms with Crippen LogP contribution in [-0.2, 0) is 22.5 Å². The molecule has 0 spiro atoms. The third-order valence-electron chi connectivity index (χ3n) is 8.91. The van der Waals surface area contributed by atoms with E-state index in [0.717, 1.165) is 30.0 Å². The summed E-state index contributed by atoms with van der Waals surface area (Å²) in [7, 11) is 3.54. The number of rotatable bonds is 8. The maximum absolute atomic E-state index is 14.0. The summed E-state index contributed by atoms with van der Waals surface area (Å²) in [5.41, 5.74) is 4.56. The number of halogens is 1. The molecule has 0 aliphatic carbocycles. The predicted octanol–water partition coefficient (Wildman–Crippen LogP) is 3.77. The van der Waals surface area contributed by atoms with Crippen LogP contribution in [0.25, 0.3) is 10.8 Å². The molecule has 228 valence electrons. The van der Waals surface area contributed by atoms with Gasteiger partial charge in [0.05, 0.1) is 18.8 Å². The Morgan fingerprint density at radius 2 is 1.86 bits per heavy atom. The molecular formula is C33H41FN6O3. The highest BCUT2D eigenvalue weighted by atomic mass is 19.1. The molecule has 3 aliphatic rings. The lowest BCUT2D eigenvalue weighted by Crippen LogP contribution is -2.49. The molecule has 0 N–H and O–H groups in total. The lowest BCUT2D eigenvalue weighted by Gasteiger charge is -2.38. The number of hydrogen-bond donors (Lipinski definition) is 0. The largest absolute Gasteiger partial charge is 0.462 e. The Balaban J connectivity index is 1.26. The van der Waals surface area contributed by atoms with Crippen molar-refractivity contribution in [3.05, 3.63) is 65.4 Å². The molecule has 2 saturated heterocycles. The Hall–Kier alpha value is -3.76. The molecule has 10 heteroatoms. The van der Waals surface area contributed by atoms with Gasteiger partial charge in [0.25, 0.3) is 0 Å². The molecule has 2 aromatic carbocycles. The molecule has 2 fully saturated rings. The number of carbonyl (C=O) groups is 1. The summed E-state index contributed by atoms with van der Waals surface area (Å²) in [5, 5.41) is 2.50. The summed E-state index contributed by atoms with van der Waals surface area (Å²) in [5.74, 6) is 0.886. The van der Waals surface area contributed by atoms with E-state index in [1.165, 1.54) is 22.0 Å². The molecule has 43 heavy (non-hydrogen) atoms. The first-order valence-corrected chi connectivity index (χ1v) is 15.2. The minimum atomic E-state index is -0.834. The fraction of sp³-hybridized carbons (Fsp3) is 0.485. The molecule has 4 heterocycles. The van der Waals surface area contributed by atoms with Crippen molar-refractivity contribution in [3.63, 3.8) is 0 Å². The van der Waals surface area contributed by atoms with Crippen molar-refractivity contribution in [1.82, 2.24) is 19.8 Å². The zero-order valence-corrected chi connectivity index (χ0v) is 25.3. The Kier molecular flexibility index (Phi) is 8.76. The number of benzene rings is 2. The molecule has 1 aromatic heterocycles. The number of likely N-dealkylation sites (N-methyl/N-ethyl adjacent to an activating group) is 1. The van der Waals surface area contributed by atoms with Crippen molar-refractivity contribution in [1.29, 1.82) is 0 Å². The topological polar surface area (TPSA) is 74.3 Å². The second kappa shape index (κ2) is 12.9. The number of ether oxygens (including phenoxy) is 2. The van der Waals surface area contributed by atoms with E-state index in [1.807, 2.05) is 16.8 Å². The molecule has 0 saturated carbocycles. The van der Waals surface area contributed by atoms with E-state index < -0.39 is 6.17 Å². The molecular weight excluding hydrogens is 547 g/mol. The van der Waals surface area contributed by atoms with Crippen LogP contribution in [-0.4, -0.2) is 105 Å². The van der Waals surface area contributed by atoms with Crippen molar-refractivity contribution < 1.29 is 18.7 Å². The third kappa shape index (κ3) is 6.31. The van der Waals surface area contributed by atoms with Gasteiger partial charge in [-0.05, 0) is 43.8 Å². The summed E-state index contributed by atoms with van der Waals surface area (Å²) in [4.78, 5) is 31.0. The van der Waals surface area contributed by atoms with E-state index in [2.05, 4.69) is 53.1 Å². The number of amides is 1. The minimum Gasteiger partial charge on any atom is -0.462 e. The maximum atomic E-state index is 14.0. The highest BCUT2D eigenvalue weighted by Crippen LogP contribution is 2.35. The van der Waals surface area contributed by atoms with Crippen molar-refractivity contribution in [2.75, 3.05) is 76.4 Å². The van der Waals surface area contributed by atoms with Crippen LogP contribution < -0.4 is 14.5 Å². The number of aromatic nitrogens is 2. The standard InChI is InChI=1S/C33H41FN6O3/c1-23-7-4-8-24-9-5-10-29(31(23)24)40-13-12-27-28(21-40)35-33(43-22-26-19-25(34)20-37(26)2)36-32(27)39-16-14-38(15-17-39)30(41)11-6-18-42-3/h4-11,25-26H,12-22H2,1-3H3/b11-6+/t25-,26-/m1/s1. The zero-order chi connectivity index (χ0) is 29.9. The third-order valence-corrected chi connectivity index (χ3v) is 8.91. The van der Waals surface area contributed by atoms with Gasteiger partial charge in [-0.2, -0.15) is 9.97 Å². The second-order valence-corrected chi connectivity index (χ2v) is 11.8. The number of fused-ring (bicyclic) bond motifs is 2. The fourth-order valence-corrected chi connectivity index (χ4v) is 6.56. The molecule has 0 unspecified atom stereocenters. The van der Waals surface area contributed by atoms with E-state index in [9.17, 15) is 9.18 Å². The van der Waals surface area contributed by atoms with Gasteiger partial charge in [-0.15, -0.1) is 0 Å². The van der Waals surface area contributed by atoms with E-state index in [0.29, 0.717) is 64.9 Å². The predicted molar refractivity (Wildman–Crippen MR) is 167 cm³/mol. The average Bonchev–Trinajstić information content (AvgIpc) is 3.35. The van der Waals surface area contributed by atoms with Crippen molar-refractivity contribution in [3.8, 4) is 6.01 Å². The number of aryl methyl sites for hydroxylation is 1. The Morgan fingerprint density at radius 1 is 1.07 bits per heavy atom. The Morgan fingerprint density at radius 3 is 2.60 bits per heavy atom. The first kappa shape index (κ1) is 29.3. The highest BCUT2D eigenvalue weighted by molar-refractivity contribution is 5.97. The van der Waals surface area contributed by atoms with Gasteiger partial charge in [-0.25, -0.2) is 4.39 Å². The number of likely N-dealkylation sites (tertiary alicyclic amines) is 1. The van der Waals surface area contributed by atoms with Crippen molar-refractivity contribution in [2.45, 2.75) is 38.5 Å². The molecule has 3 aliphatic heterocycles. The fourth-order valence-electron chi connectivity index (χ4n) is 6.56. The number of hydrogen-bond acceptors (Lipinski definition) is 8. The molecule has 2 atom stereocenters. The lowest BCUT2D eigenvalue weighted by atomic mass is 9.99. The van der Waals surface area contributed by atoms with Crippen molar-refractivity contribution in [2.24, 2.45) is 0 Å². The number of methoxy groups -OCH3 is 1. The normalized spacial score (nSPS) is 21.2. The SMILES string of the molecule is COC/C=C/C(=O)N1CCN(c2nc(OC[C@H]3C[C@@H](F)CN3C)nc3c2CCN(c2cccc4cccc(C)c24)C3)CC1. The van der Waals surface area contributed by atoms with E-state index in [1.54, 1.807) is 19.3 Å². The van der Waals surface area contributed by atoms with E-state index >= 15 is 0 Å². The molecule has 0 radical (unpaired) electrons. The van der Waals surface area contributed by atoms with Crippen LogP contribution in [0.2, 0.25) is 0 Å². The molecule has 3 aromatic rings. The average molecular weight is 589 g/mol. The van der Waals surface area contributed by atoms with Gasteiger partial charge in [0.2, 0.25) is 5.91 Å². The van der Waals surface area contributed by atoms with Gasteiger partial charge in [0, 0.05) is 75.1 Å². The molecule has 0 bridgehead atoms. The van der Waals surface area contributed by atoms with E-state index in [4.69, 9.17) is 19.4 Å². The lowest BCUT2D eigenvalue weighted by molar-refractivity contribution is -0.126. The number of nitrogens with zero attached hydrogens (tertiary/aromatic N) is 6. The number of carbonyl (C=O) groups excluding carboxylic acids is 1. The summed E-state index contributed by atoms with van der Waals surface area (Å²) in [6.07, 6.45) is 3.76. The van der Waals surface area contributed by atoms with Gasteiger partial charge in [0.1, 0.15) is 18.6 Å². The highest BCUT2D eigenvalue weighted by Gasteiger charge is 2.32. The van der Waals surface area contributed by atoms with Gasteiger partial charge in [0.15, 0.2) is 0 Å². The van der Waals surface area contributed by atoms with Gasteiger partial charge < -0.3 is 24.2 Å². The smallest absolute Gasteiger partial charge is 0.318 e. The monoisotopic (exact) mass is 588 g/mol. The number of anilines is 2. The minimum absolute atomic E-state index is 0.00156. The molecule has 9 nitrogen and oxygen atoms in total. The van der Waals surface area contributed by atoms with Crippen LogP contribution >= 0.6 is 0 Å². The summed E-state index contributed by atoms with van der Waals surface area (Å²) in [6.45, 7) is 7.41. The van der Waals surface area contributed by atoms with Crippen LogP contribution in [0.4, 0.5) is 15.9 Å². The zero-order valence-electron chi connectivity index (χ0n) is 25.3. The maximum Gasteiger partial charge on any atom is 0.318 e. The van der Waals surface area contributed by atoms with Crippen LogP contribution in [0.5, 0.6) is 6.01 Å². The summed E-state index contributed by atoms with van der Waals surface area (Å²) in [6, 6.07) is 13.2. The molecule has 6 rings (SSSR count). The van der Waals surface area contributed by atoms with Gasteiger partial charge >= 0.3 is 6.01 Å². The van der Waals surface area contributed by atoms with Gasteiger partial charge in [-0.3, -0.25) is 9.69 Å². The van der Waals surface area contributed by atoms with Crippen LogP contribution in [0.3, 0.4) is 0 Å². The van der Waals surface area contributed by atoms with Crippen LogP contribution in [0, 0.1) is 6.92 Å². The van der Waals surface area contributed by atoms with Crippen molar-refractivity contribution >= 4 is 28.2 Å². The molecule has 1 amide bonds. The Bertz CT molecular complexity index is 1490. The van der Waals surface area contributed by atoms with Crippen LogP contribution in [0.15, 0.2) is 48.6 Å². The van der Waals surface area contributed by atoms with E-state index in [-0.39, 0.29) is 11.9 Å². The number of piperazine rings is 1. The van der Waals surface area contributed by atoms with Crippen LogP contribution in [0.1, 0.15) is 23.2 Å². The quantitative estimate of drug-likeness (QED) is 0.369. The van der Waals surface area contributed by atoms with Gasteiger partial charge in [-0.1, -0.05) is 36.4 Å². The Labute approximate surface area is 252 Å². The summed E-state index contributed by atoms with van der Waals surface area (Å²) >= 11 is 0.